The molecule has 1 aromatic carbocycles. The molecule has 0 radical (unpaired) electrons. The maximum Gasteiger partial charge on any atom is 0.260 e. The molecule has 7 heteroatoms. The third kappa shape index (κ3) is 4.92. The third-order valence-electron chi connectivity index (χ3n) is 7.54. The van der Waals surface area contributed by atoms with Crippen LogP contribution in [-0.4, -0.2) is 78.8 Å². The van der Waals surface area contributed by atoms with Crippen LogP contribution in [0, 0.1) is 11.3 Å². The van der Waals surface area contributed by atoms with Gasteiger partial charge in [0.15, 0.2) is 6.61 Å². The van der Waals surface area contributed by atoms with Crippen molar-refractivity contribution in [3.05, 3.63) is 29.8 Å². The Morgan fingerprint density at radius 1 is 1.03 bits per heavy atom. The van der Waals surface area contributed by atoms with E-state index >= 15 is 0 Å². The Kier molecular flexibility index (Phi) is 6.72. The van der Waals surface area contributed by atoms with E-state index in [1.807, 2.05) is 35.0 Å². The molecule has 1 aromatic rings. The van der Waals surface area contributed by atoms with Gasteiger partial charge in [-0.25, -0.2) is 0 Å². The van der Waals surface area contributed by atoms with E-state index in [2.05, 4.69) is 6.07 Å². The molecule has 32 heavy (non-hydrogen) atoms. The largest absolute Gasteiger partial charge is 0.483 e. The summed E-state index contributed by atoms with van der Waals surface area (Å²) in [5.41, 5.74) is 1.21. The zero-order valence-corrected chi connectivity index (χ0v) is 19.3. The zero-order valence-electron chi connectivity index (χ0n) is 19.3. The van der Waals surface area contributed by atoms with E-state index in [0.29, 0.717) is 19.6 Å². The summed E-state index contributed by atoms with van der Waals surface area (Å²) in [6, 6.07) is 8.00. The second-order valence-corrected chi connectivity index (χ2v) is 9.80. The Bertz CT molecular complexity index is 856. The average molecular weight is 442 g/mol. The summed E-state index contributed by atoms with van der Waals surface area (Å²) in [6.45, 7) is 4.88. The van der Waals surface area contributed by atoms with Gasteiger partial charge in [-0.3, -0.25) is 14.4 Å². The maximum absolute atomic E-state index is 12.9. The van der Waals surface area contributed by atoms with Crippen LogP contribution >= 0.6 is 0 Å². The number of piperidine rings is 1. The fourth-order valence-corrected chi connectivity index (χ4v) is 5.35. The number of aryl methyl sites for hydroxylation is 1. The lowest BCUT2D eigenvalue weighted by atomic mass is 9.73. The molecule has 0 aromatic heterocycles. The predicted octanol–water partition coefficient (Wildman–Crippen LogP) is 2.34. The van der Waals surface area contributed by atoms with E-state index in [0.717, 1.165) is 62.9 Å². The van der Waals surface area contributed by atoms with Crippen LogP contribution in [0.5, 0.6) is 5.75 Å². The van der Waals surface area contributed by atoms with Crippen LogP contribution in [0.1, 0.15) is 44.6 Å². The Morgan fingerprint density at radius 3 is 2.47 bits per heavy atom. The lowest BCUT2D eigenvalue weighted by Crippen LogP contribution is -2.58. The number of para-hydroxylation sites is 1. The van der Waals surface area contributed by atoms with Crippen molar-refractivity contribution in [1.82, 2.24) is 14.7 Å². The molecular formula is C25H35N3O4. The summed E-state index contributed by atoms with van der Waals surface area (Å²) in [4.78, 5) is 42.6. The number of carbonyl (C=O) groups excluding carboxylic acids is 3. The highest BCUT2D eigenvalue weighted by atomic mass is 16.5. The molecular weight excluding hydrogens is 406 g/mol. The van der Waals surface area contributed by atoms with Crippen LogP contribution in [0.2, 0.25) is 0 Å². The molecule has 0 aliphatic carbocycles. The summed E-state index contributed by atoms with van der Waals surface area (Å²) < 4.78 is 5.87. The normalized spacial score (nSPS) is 22.3. The monoisotopic (exact) mass is 441 g/mol. The van der Waals surface area contributed by atoms with Crippen molar-refractivity contribution in [2.45, 2.75) is 45.4 Å². The molecule has 0 atom stereocenters. The molecule has 4 rings (SSSR count). The van der Waals surface area contributed by atoms with Gasteiger partial charge in [0, 0.05) is 46.7 Å². The number of fused-ring (bicyclic) bond motifs is 1. The fraction of sp³-hybridized carbons (Fsp3) is 0.640. The molecule has 3 heterocycles. The number of nitrogens with zero attached hydrogens (tertiary/aromatic N) is 3. The van der Waals surface area contributed by atoms with Gasteiger partial charge in [0.25, 0.3) is 5.91 Å². The summed E-state index contributed by atoms with van der Waals surface area (Å²) in [5, 5.41) is 0. The first-order valence-electron chi connectivity index (χ1n) is 11.9. The SMILES string of the molecule is CC(=O)N1CC(C(=O)N2CCC3(CCCCc4ccccc4OCC(=O)N(C)C3)CC2)C1. The molecule has 7 nitrogen and oxygen atoms in total. The van der Waals surface area contributed by atoms with Crippen LogP contribution < -0.4 is 4.74 Å². The van der Waals surface area contributed by atoms with Crippen LogP contribution in [0.3, 0.4) is 0 Å². The van der Waals surface area contributed by atoms with Gasteiger partial charge < -0.3 is 19.4 Å². The Balaban J connectivity index is 1.38. The van der Waals surface area contributed by atoms with Gasteiger partial charge in [0.1, 0.15) is 5.75 Å². The first-order valence-corrected chi connectivity index (χ1v) is 11.9. The molecule has 3 aliphatic heterocycles. The molecule has 3 amide bonds. The van der Waals surface area contributed by atoms with E-state index < -0.39 is 0 Å². The van der Waals surface area contributed by atoms with Crippen LogP contribution in [-0.2, 0) is 20.8 Å². The van der Waals surface area contributed by atoms with Crippen LogP contribution in [0.4, 0.5) is 0 Å². The number of amides is 3. The quantitative estimate of drug-likeness (QED) is 0.671. The van der Waals surface area contributed by atoms with Gasteiger partial charge in [-0.1, -0.05) is 24.6 Å². The molecule has 3 aliphatic rings. The van der Waals surface area contributed by atoms with Gasteiger partial charge >= 0.3 is 0 Å². The highest BCUT2D eigenvalue weighted by Gasteiger charge is 2.41. The lowest BCUT2D eigenvalue weighted by Gasteiger charge is -2.46. The number of rotatable bonds is 1. The lowest BCUT2D eigenvalue weighted by molar-refractivity contribution is -0.149. The summed E-state index contributed by atoms with van der Waals surface area (Å²) >= 11 is 0. The molecule has 0 unspecified atom stereocenters. The second kappa shape index (κ2) is 9.51. The Labute approximate surface area is 190 Å². The molecule has 0 bridgehead atoms. The summed E-state index contributed by atoms with van der Waals surface area (Å²) in [5.74, 6) is 0.984. The Morgan fingerprint density at radius 2 is 1.75 bits per heavy atom. The molecule has 174 valence electrons. The van der Waals surface area contributed by atoms with Crippen molar-refractivity contribution in [3.63, 3.8) is 0 Å². The van der Waals surface area contributed by atoms with E-state index in [1.165, 1.54) is 0 Å². The van der Waals surface area contributed by atoms with Crippen molar-refractivity contribution < 1.29 is 19.1 Å². The summed E-state index contributed by atoms with van der Waals surface area (Å²) in [7, 11) is 1.87. The van der Waals surface area contributed by atoms with Crippen molar-refractivity contribution in [3.8, 4) is 5.75 Å². The summed E-state index contributed by atoms with van der Waals surface area (Å²) in [6.07, 6.45) is 6.03. The highest BCUT2D eigenvalue weighted by Crippen LogP contribution is 2.39. The van der Waals surface area contributed by atoms with Crippen LogP contribution in [0.15, 0.2) is 24.3 Å². The standard InChI is InChI=1S/C25H35N3O4/c1-19(29)28-15-21(16-28)24(31)27-13-11-25(12-14-27)10-6-5-8-20-7-3-4-9-22(20)32-17-23(30)26(2)18-25/h3-4,7,9,21H,5-6,8,10-18H2,1-2H3. The van der Waals surface area contributed by atoms with Crippen molar-refractivity contribution in [2.75, 3.05) is 46.4 Å². The van der Waals surface area contributed by atoms with E-state index in [1.54, 1.807) is 11.8 Å². The maximum atomic E-state index is 12.9. The van der Waals surface area contributed by atoms with Gasteiger partial charge in [0.05, 0.1) is 5.92 Å². The number of carbonyl (C=O) groups is 3. The minimum absolute atomic E-state index is 0.00273. The van der Waals surface area contributed by atoms with Crippen molar-refractivity contribution >= 4 is 17.7 Å². The average Bonchev–Trinajstić information content (AvgIpc) is 2.74. The van der Waals surface area contributed by atoms with Crippen molar-refractivity contribution in [2.24, 2.45) is 11.3 Å². The van der Waals surface area contributed by atoms with Gasteiger partial charge in [-0.2, -0.15) is 0 Å². The molecule has 0 saturated carbocycles. The van der Waals surface area contributed by atoms with Gasteiger partial charge in [-0.15, -0.1) is 0 Å². The molecule has 0 N–H and O–H groups in total. The molecule has 2 fully saturated rings. The second-order valence-electron chi connectivity index (χ2n) is 9.80. The Hall–Kier alpha value is -2.57. The number of hydrogen-bond acceptors (Lipinski definition) is 4. The van der Waals surface area contributed by atoms with Gasteiger partial charge in [0.2, 0.25) is 11.8 Å². The number of benzene rings is 1. The predicted molar refractivity (Wildman–Crippen MR) is 121 cm³/mol. The number of ether oxygens (including phenoxy) is 1. The van der Waals surface area contributed by atoms with Gasteiger partial charge in [-0.05, 0) is 49.1 Å². The first-order chi connectivity index (χ1) is 15.4. The van der Waals surface area contributed by atoms with Crippen LogP contribution in [0.25, 0.3) is 0 Å². The third-order valence-corrected chi connectivity index (χ3v) is 7.54. The minimum atomic E-state index is -0.0503. The van der Waals surface area contributed by atoms with E-state index in [-0.39, 0.29) is 35.7 Å². The fourth-order valence-electron chi connectivity index (χ4n) is 5.35. The number of likely N-dealkylation sites (N-methyl/N-ethyl adjacent to an activating group) is 1. The number of likely N-dealkylation sites (tertiary alicyclic amines) is 2. The zero-order chi connectivity index (χ0) is 22.7. The smallest absolute Gasteiger partial charge is 0.260 e. The minimum Gasteiger partial charge on any atom is -0.483 e. The van der Waals surface area contributed by atoms with E-state index in [9.17, 15) is 14.4 Å². The van der Waals surface area contributed by atoms with E-state index in [4.69, 9.17) is 4.74 Å². The van der Waals surface area contributed by atoms with Crippen molar-refractivity contribution in [1.29, 1.82) is 0 Å². The first kappa shape index (κ1) is 22.6. The topological polar surface area (TPSA) is 70.2 Å². The molecule has 2 saturated heterocycles. The number of hydrogen-bond donors (Lipinski definition) is 0. The molecule has 1 spiro atoms. The highest BCUT2D eigenvalue weighted by molar-refractivity contribution is 5.83.